The minimum absolute atomic E-state index is 0.0752. The molecule has 0 aromatic carbocycles. The predicted octanol–water partition coefficient (Wildman–Crippen LogP) is 0.757. The molecule has 1 saturated heterocycles. The number of aliphatic hydroxyl groups excluding tert-OH is 1. The van der Waals surface area contributed by atoms with Crippen LogP contribution < -0.4 is 5.32 Å². The van der Waals surface area contributed by atoms with Crippen molar-refractivity contribution < 1.29 is 5.11 Å². The number of hydrogen-bond acceptors (Lipinski definition) is 2. The third-order valence-corrected chi connectivity index (χ3v) is 1.27. The highest BCUT2D eigenvalue weighted by atomic mass is 16.3. The molecule has 1 aliphatic heterocycles. The highest BCUT2D eigenvalue weighted by Crippen LogP contribution is 1.98. The minimum Gasteiger partial charge on any atom is -0.392 e. The molecule has 0 spiro atoms. The van der Waals surface area contributed by atoms with Crippen molar-refractivity contribution in [3.63, 3.8) is 0 Å². The Hall–Kier alpha value is -0.0800. The molecular weight excluding hydrogens is 114 g/mol. The second-order valence-corrected chi connectivity index (χ2v) is 2.00. The van der Waals surface area contributed by atoms with Crippen LogP contribution in [0.3, 0.4) is 0 Å². The van der Waals surface area contributed by atoms with E-state index in [1.165, 1.54) is 0 Å². The van der Waals surface area contributed by atoms with Gasteiger partial charge in [0.2, 0.25) is 0 Å². The molecule has 0 bridgehead atoms. The molecule has 2 nitrogen and oxygen atoms in total. The lowest BCUT2D eigenvalue weighted by Gasteiger charge is -2.16. The summed E-state index contributed by atoms with van der Waals surface area (Å²) < 4.78 is 0. The summed E-state index contributed by atoms with van der Waals surface area (Å²) >= 11 is 0. The highest BCUT2D eigenvalue weighted by Gasteiger charge is 2.06. The summed E-state index contributed by atoms with van der Waals surface area (Å²) in [6.07, 6.45) is 2.03. The van der Waals surface area contributed by atoms with Gasteiger partial charge in [-0.05, 0) is 19.4 Å². The number of aliphatic hydroxyl groups is 1. The summed E-state index contributed by atoms with van der Waals surface area (Å²) in [5.41, 5.74) is 0. The molecular formula is C7H17NO. The molecule has 0 saturated carbocycles. The van der Waals surface area contributed by atoms with Crippen LogP contribution in [-0.4, -0.2) is 24.3 Å². The lowest BCUT2D eigenvalue weighted by molar-refractivity contribution is 0.142. The molecule has 0 aromatic heterocycles. The Bertz CT molecular complexity index is 50.9. The molecule has 1 aliphatic rings. The number of nitrogens with one attached hydrogen (secondary N) is 1. The van der Waals surface area contributed by atoms with Gasteiger partial charge in [-0.15, -0.1) is 0 Å². The zero-order valence-electron chi connectivity index (χ0n) is 6.35. The predicted molar refractivity (Wildman–Crippen MR) is 39.5 cm³/mol. The Morgan fingerprint density at radius 2 is 2.11 bits per heavy atom. The monoisotopic (exact) mass is 131 g/mol. The van der Waals surface area contributed by atoms with E-state index in [0.29, 0.717) is 0 Å². The van der Waals surface area contributed by atoms with Crippen molar-refractivity contribution in [2.75, 3.05) is 13.1 Å². The van der Waals surface area contributed by atoms with Crippen molar-refractivity contribution in [3.8, 4) is 0 Å². The lowest BCUT2D eigenvalue weighted by atomic mass is 10.1. The van der Waals surface area contributed by atoms with E-state index in [1.54, 1.807) is 0 Å². The Morgan fingerprint density at radius 3 is 2.33 bits per heavy atom. The van der Waals surface area contributed by atoms with E-state index in [0.717, 1.165) is 25.9 Å². The Labute approximate surface area is 57.3 Å². The maximum atomic E-state index is 8.85. The van der Waals surface area contributed by atoms with Gasteiger partial charge in [-0.3, -0.25) is 0 Å². The molecule has 0 radical (unpaired) electrons. The molecule has 0 aliphatic carbocycles. The summed E-state index contributed by atoms with van der Waals surface area (Å²) in [4.78, 5) is 0. The maximum Gasteiger partial charge on any atom is 0.0665 e. The van der Waals surface area contributed by atoms with Gasteiger partial charge in [-0.1, -0.05) is 13.8 Å². The molecule has 1 atom stereocenters. The van der Waals surface area contributed by atoms with Gasteiger partial charge >= 0.3 is 0 Å². The average molecular weight is 131 g/mol. The van der Waals surface area contributed by atoms with E-state index in [4.69, 9.17) is 5.11 Å². The fraction of sp³-hybridized carbons (Fsp3) is 1.00. The number of piperidine rings is 1. The van der Waals surface area contributed by atoms with Crippen LogP contribution in [0.5, 0.6) is 0 Å². The smallest absolute Gasteiger partial charge is 0.0665 e. The first kappa shape index (κ1) is 8.92. The van der Waals surface area contributed by atoms with Gasteiger partial charge in [0.05, 0.1) is 6.10 Å². The van der Waals surface area contributed by atoms with E-state index in [-0.39, 0.29) is 6.10 Å². The highest BCUT2D eigenvalue weighted by molar-refractivity contribution is 4.65. The summed E-state index contributed by atoms with van der Waals surface area (Å²) in [7, 11) is 0. The molecule has 1 fully saturated rings. The van der Waals surface area contributed by atoms with Gasteiger partial charge in [0.25, 0.3) is 0 Å². The first-order valence-corrected chi connectivity index (χ1v) is 3.78. The molecule has 0 aromatic rings. The van der Waals surface area contributed by atoms with E-state index < -0.39 is 0 Å². The van der Waals surface area contributed by atoms with Crippen molar-refractivity contribution in [1.29, 1.82) is 0 Å². The van der Waals surface area contributed by atoms with Crippen LogP contribution in [0.2, 0.25) is 0 Å². The lowest BCUT2D eigenvalue weighted by Crippen LogP contribution is -2.33. The first-order valence-electron chi connectivity index (χ1n) is 3.78. The van der Waals surface area contributed by atoms with Gasteiger partial charge in [-0.2, -0.15) is 0 Å². The molecule has 0 unspecified atom stereocenters. The normalized spacial score (nSPS) is 26.3. The SMILES string of the molecule is CC.O[C@@H]1CCCNC1. The quantitative estimate of drug-likeness (QED) is 0.508. The van der Waals surface area contributed by atoms with Gasteiger partial charge < -0.3 is 10.4 Å². The van der Waals surface area contributed by atoms with Gasteiger partial charge in [0.15, 0.2) is 0 Å². The van der Waals surface area contributed by atoms with Crippen LogP contribution in [0.1, 0.15) is 26.7 Å². The Morgan fingerprint density at radius 1 is 1.44 bits per heavy atom. The van der Waals surface area contributed by atoms with Crippen molar-refractivity contribution in [2.24, 2.45) is 0 Å². The second-order valence-electron chi connectivity index (χ2n) is 2.00. The van der Waals surface area contributed by atoms with Crippen LogP contribution in [0.25, 0.3) is 0 Å². The number of β-amino-alcohol motifs (C(OH)–C–C–N with tert-alkyl or cyclic N) is 1. The summed E-state index contributed by atoms with van der Waals surface area (Å²) in [6.45, 7) is 5.87. The Kier molecular flexibility index (Phi) is 5.99. The van der Waals surface area contributed by atoms with Crippen LogP contribution in [0.15, 0.2) is 0 Å². The maximum absolute atomic E-state index is 8.85. The summed E-state index contributed by atoms with van der Waals surface area (Å²) in [5, 5.41) is 11.9. The molecule has 2 heteroatoms. The first-order chi connectivity index (χ1) is 4.39. The van der Waals surface area contributed by atoms with E-state index in [1.807, 2.05) is 13.8 Å². The molecule has 2 N–H and O–H groups in total. The number of rotatable bonds is 0. The van der Waals surface area contributed by atoms with Gasteiger partial charge in [0, 0.05) is 6.54 Å². The van der Waals surface area contributed by atoms with Crippen molar-refractivity contribution in [1.82, 2.24) is 5.32 Å². The molecule has 1 heterocycles. The fourth-order valence-electron chi connectivity index (χ4n) is 0.833. The standard InChI is InChI=1S/C5H11NO.C2H6/c7-5-2-1-3-6-4-5;1-2/h5-7H,1-4H2;1-2H3/t5-;/m1./s1. The largest absolute Gasteiger partial charge is 0.392 e. The van der Waals surface area contributed by atoms with Crippen molar-refractivity contribution >= 4 is 0 Å². The summed E-state index contributed by atoms with van der Waals surface area (Å²) in [5.74, 6) is 0. The van der Waals surface area contributed by atoms with E-state index >= 15 is 0 Å². The van der Waals surface area contributed by atoms with Crippen molar-refractivity contribution in [3.05, 3.63) is 0 Å². The Balaban J connectivity index is 0.000000291. The molecule has 9 heavy (non-hydrogen) atoms. The van der Waals surface area contributed by atoms with Crippen molar-refractivity contribution in [2.45, 2.75) is 32.8 Å². The van der Waals surface area contributed by atoms with E-state index in [2.05, 4.69) is 5.32 Å². The topological polar surface area (TPSA) is 32.3 Å². The fourth-order valence-corrected chi connectivity index (χ4v) is 0.833. The summed E-state index contributed by atoms with van der Waals surface area (Å²) in [6, 6.07) is 0. The van der Waals surface area contributed by atoms with Gasteiger partial charge in [0.1, 0.15) is 0 Å². The van der Waals surface area contributed by atoms with Crippen LogP contribution in [-0.2, 0) is 0 Å². The van der Waals surface area contributed by atoms with Crippen LogP contribution >= 0.6 is 0 Å². The number of hydrogen-bond donors (Lipinski definition) is 2. The minimum atomic E-state index is -0.0752. The molecule has 0 amide bonds. The molecule has 1 rings (SSSR count). The van der Waals surface area contributed by atoms with E-state index in [9.17, 15) is 0 Å². The van der Waals surface area contributed by atoms with Crippen LogP contribution in [0, 0.1) is 0 Å². The zero-order chi connectivity index (χ0) is 7.11. The second kappa shape index (κ2) is 6.05. The van der Waals surface area contributed by atoms with Gasteiger partial charge in [-0.25, -0.2) is 0 Å². The zero-order valence-corrected chi connectivity index (χ0v) is 6.35. The third-order valence-electron chi connectivity index (χ3n) is 1.27. The van der Waals surface area contributed by atoms with Crippen LogP contribution in [0.4, 0.5) is 0 Å². The average Bonchev–Trinajstić information content (AvgIpc) is 1.94. The molecule has 56 valence electrons. The third kappa shape index (κ3) is 4.43.